The highest BCUT2D eigenvalue weighted by Gasteiger charge is 2.37. The van der Waals surface area contributed by atoms with Crippen molar-refractivity contribution in [1.29, 1.82) is 0 Å². The molecule has 0 fully saturated rings. The summed E-state index contributed by atoms with van der Waals surface area (Å²) in [5.41, 5.74) is 2.45. The van der Waals surface area contributed by atoms with Crippen molar-refractivity contribution in [3.63, 3.8) is 0 Å². The molecule has 1 atom stereocenters. The molecule has 37 heavy (non-hydrogen) atoms. The SMILES string of the molecule is CCC(CC)[C@@H]1N=C(c2ccccc2)c2cc(Cl)ccc2N(CC(=O)NS(=O)(=O)c2ccccc2)C1=O. The van der Waals surface area contributed by atoms with Crippen molar-refractivity contribution in [1.82, 2.24) is 4.72 Å². The van der Waals surface area contributed by atoms with E-state index in [1.54, 1.807) is 36.4 Å². The number of benzodiazepines with no additional fused rings is 1. The molecular weight excluding hydrogens is 510 g/mol. The van der Waals surface area contributed by atoms with Crippen molar-refractivity contribution < 1.29 is 18.0 Å². The zero-order chi connectivity index (χ0) is 26.6. The summed E-state index contributed by atoms with van der Waals surface area (Å²) >= 11 is 6.36. The van der Waals surface area contributed by atoms with Gasteiger partial charge in [0.05, 0.1) is 16.3 Å². The molecule has 9 heteroatoms. The van der Waals surface area contributed by atoms with Crippen molar-refractivity contribution in [2.24, 2.45) is 10.9 Å². The molecule has 0 saturated carbocycles. The first kappa shape index (κ1) is 26.6. The van der Waals surface area contributed by atoms with Crippen LogP contribution >= 0.6 is 11.6 Å². The van der Waals surface area contributed by atoms with Gasteiger partial charge in [-0.1, -0.05) is 86.8 Å². The molecule has 1 aliphatic rings. The van der Waals surface area contributed by atoms with Crippen LogP contribution in [0.2, 0.25) is 5.02 Å². The van der Waals surface area contributed by atoms with Crippen LogP contribution in [0.1, 0.15) is 37.8 Å². The smallest absolute Gasteiger partial charge is 0.264 e. The van der Waals surface area contributed by atoms with Crippen LogP contribution in [0.3, 0.4) is 0 Å². The Balaban J connectivity index is 1.78. The van der Waals surface area contributed by atoms with Crippen LogP contribution in [0.15, 0.2) is 88.8 Å². The Morgan fingerprint density at radius 2 is 1.62 bits per heavy atom. The number of hydrogen-bond acceptors (Lipinski definition) is 5. The van der Waals surface area contributed by atoms with Gasteiger partial charge in [0.2, 0.25) is 0 Å². The number of sulfonamides is 1. The summed E-state index contributed by atoms with van der Waals surface area (Å²) in [6, 6.07) is 21.4. The Morgan fingerprint density at radius 1 is 1.00 bits per heavy atom. The van der Waals surface area contributed by atoms with Crippen molar-refractivity contribution in [2.45, 2.75) is 37.6 Å². The first-order valence-corrected chi connectivity index (χ1v) is 14.0. The molecule has 2 amide bonds. The Kier molecular flexibility index (Phi) is 8.10. The van der Waals surface area contributed by atoms with Crippen LogP contribution in [0.25, 0.3) is 0 Å². The van der Waals surface area contributed by atoms with Gasteiger partial charge in [-0.15, -0.1) is 0 Å². The summed E-state index contributed by atoms with van der Waals surface area (Å²) < 4.78 is 27.6. The molecule has 1 aliphatic heterocycles. The normalized spacial score (nSPS) is 15.7. The lowest BCUT2D eigenvalue weighted by Crippen LogP contribution is -2.47. The summed E-state index contributed by atoms with van der Waals surface area (Å²) in [6.07, 6.45) is 1.41. The first-order chi connectivity index (χ1) is 17.7. The second-order valence-electron chi connectivity index (χ2n) is 8.79. The molecule has 3 aromatic rings. The maximum Gasteiger partial charge on any atom is 0.264 e. The Labute approximate surface area is 222 Å². The fraction of sp³-hybridized carbons (Fsp3) is 0.250. The molecule has 3 aromatic carbocycles. The van der Waals surface area contributed by atoms with Crippen molar-refractivity contribution in [3.05, 3.63) is 95.0 Å². The largest absolute Gasteiger partial charge is 0.300 e. The zero-order valence-corrected chi connectivity index (χ0v) is 22.2. The van der Waals surface area contributed by atoms with Gasteiger partial charge in [-0.3, -0.25) is 14.6 Å². The van der Waals surface area contributed by atoms with E-state index < -0.39 is 28.5 Å². The molecule has 1 N–H and O–H groups in total. The number of rotatable bonds is 8. The summed E-state index contributed by atoms with van der Waals surface area (Å²) in [6.45, 7) is 3.50. The number of carbonyl (C=O) groups excluding carboxylic acids is 2. The molecule has 0 unspecified atom stereocenters. The van der Waals surface area contributed by atoms with Crippen LogP contribution in [-0.2, 0) is 19.6 Å². The van der Waals surface area contributed by atoms with Gasteiger partial charge in [0, 0.05) is 16.1 Å². The van der Waals surface area contributed by atoms with E-state index >= 15 is 0 Å². The third-order valence-electron chi connectivity index (χ3n) is 6.44. The van der Waals surface area contributed by atoms with E-state index in [4.69, 9.17) is 16.6 Å². The van der Waals surface area contributed by atoms with Gasteiger partial charge in [-0.25, -0.2) is 13.1 Å². The van der Waals surface area contributed by atoms with E-state index in [1.165, 1.54) is 17.0 Å². The van der Waals surface area contributed by atoms with Crippen molar-refractivity contribution in [3.8, 4) is 0 Å². The fourth-order valence-electron chi connectivity index (χ4n) is 4.49. The van der Waals surface area contributed by atoms with E-state index in [-0.39, 0.29) is 16.7 Å². The van der Waals surface area contributed by atoms with E-state index in [0.717, 1.165) is 5.56 Å². The number of hydrogen-bond donors (Lipinski definition) is 1. The van der Waals surface area contributed by atoms with E-state index in [2.05, 4.69) is 4.72 Å². The monoisotopic (exact) mass is 537 g/mol. The third-order valence-corrected chi connectivity index (χ3v) is 8.06. The Bertz CT molecular complexity index is 1420. The number of anilines is 1. The lowest BCUT2D eigenvalue weighted by molar-refractivity contribution is -0.124. The molecular formula is C28H28ClN3O4S. The highest BCUT2D eigenvalue weighted by atomic mass is 35.5. The third kappa shape index (κ3) is 5.76. The first-order valence-electron chi connectivity index (χ1n) is 12.1. The van der Waals surface area contributed by atoms with Gasteiger partial charge in [0.1, 0.15) is 12.6 Å². The summed E-state index contributed by atoms with van der Waals surface area (Å²) in [7, 11) is -4.10. The highest BCUT2D eigenvalue weighted by Crippen LogP contribution is 2.33. The van der Waals surface area contributed by atoms with Crippen molar-refractivity contribution in [2.75, 3.05) is 11.4 Å². The maximum atomic E-state index is 14.0. The van der Waals surface area contributed by atoms with Crippen molar-refractivity contribution >= 4 is 44.8 Å². The van der Waals surface area contributed by atoms with Gasteiger partial charge in [-0.05, 0) is 36.2 Å². The molecule has 0 spiro atoms. The number of benzene rings is 3. The van der Waals surface area contributed by atoms with Crippen LogP contribution < -0.4 is 9.62 Å². The number of amides is 2. The average Bonchev–Trinajstić information content (AvgIpc) is 3.00. The number of halogens is 1. The average molecular weight is 538 g/mol. The number of fused-ring (bicyclic) bond motifs is 1. The second kappa shape index (κ2) is 11.3. The number of nitrogens with one attached hydrogen (secondary N) is 1. The van der Waals surface area contributed by atoms with Crippen LogP contribution in [0, 0.1) is 5.92 Å². The summed E-state index contributed by atoms with van der Waals surface area (Å²) in [5.74, 6) is -1.27. The van der Waals surface area contributed by atoms with Gasteiger partial charge in [-0.2, -0.15) is 0 Å². The van der Waals surface area contributed by atoms with Crippen LogP contribution in [-0.4, -0.2) is 38.5 Å². The molecule has 7 nitrogen and oxygen atoms in total. The van der Waals surface area contributed by atoms with Gasteiger partial charge >= 0.3 is 0 Å². The predicted octanol–water partition coefficient (Wildman–Crippen LogP) is 4.83. The number of nitrogens with zero attached hydrogens (tertiary/aromatic N) is 2. The molecule has 4 rings (SSSR count). The minimum absolute atomic E-state index is 0.0395. The lowest BCUT2D eigenvalue weighted by atomic mass is 9.93. The van der Waals surface area contributed by atoms with E-state index in [1.807, 2.05) is 44.2 Å². The minimum atomic E-state index is -4.10. The molecule has 0 radical (unpaired) electrons. The van der Waals surface area contributed by atoms with Crippen LogP contribution in [0.4, 0.5) is 5.69 Å². The maximum absolute atomic E-state index is 14.0. The van der Waals surface area contributed by atoms with Crippen LogP contribution in [0.5, 0.6) is 0 Å². The highest BCUT2D eigenvalue weighted by molar-refractivity contribution is 7.90. The molecule has 1 heterocycles. The van der Waals surface area contributed by atoms with Gasteiger partial charge < -0.3 is 4.90 Å². The summed E-state index contributed by atoms with van der Waals surface area (Å²) in [4.78, 5) is 33.2. The lowest BCUT2D eigenvalue weighted by Gasteiger charge is -2.27. The molecule has 0 saturated heterocycles. The fourth-order valence-corrected chi connectivity index (χ4v) is 5.66. The topological polar surface area (TPSA) is 95.9 Å². The zero-order valence-electron chi connectivity index (χ0n) is 20.6. The predicted molar refractivity (Wildman–Crippen MR) is 146 cm³/mol. The van der Waals surface area contributed by atoms with Gasteiger partial charge in [0.25, 0.3) is 21.8 Å². The molecule has 0 bridgehead atoms. The van der Waals surface area contributed by atoms with Gasteiger partial charge in [0.15, 0.2) is 0 Å². The van der Waals surface area contributed by atoms with E-state index in [9.17, 15) is 18.0 Å². The molecule has 0 aromatic heterocycles. The molecule has 0 aliphatic carbocycles. The number of aliphatic imine (C=N–C) groups is 1. The standard InChI is InChI=1S/C28H28ClN3O4S/c1-3-19(4-2)27-28(34)32(18-25(33)31-37(35,36)22-13-9-6-10-14-22)24-16-15-21(29)17-23(24)26(30-27)20-11-7-5-8-12-20/h5-17,19,27H,3-4,18H2,1-2H3,(H,31,33)/t27-/m0/s1. The quantitative estimate of drug-likeness (QED) is 0.445. The minimum Gasteiger partial charge on any atom is -0.300 e. The molecule has 192 valence electrons. The summed E-state index contributed by atoms with van der Waals surface area (Å²) in [5, 5.41) is 0.451. The number of carbonyl (C=O) groups is 2. The second-order valence-corrected chi connectivity index (χ2v) is 10.9. The Morgan fingerprint density at radius 3 is 2.24 bits per heavy atom. The van der Waals surface area contributed by atoms with E-state index in [0.29, 0.717) is 34.8 Å². The Hall–Kier alpha value is -3.49.